The number of rotatable bonds is 3. The lowest BCUT2D eigenvalue weighted by Gasteiger charge is -2.35. The minimum atomic E-state index is 0.730. The van der Waals surface area contributed by atoms with Crippen LogP contribution in [0.2, 0.25) is 0 Å². The van der Waals surface area contributed by atoms with Gasteiger partial charge in [-0.2, -0.15) is 0 Å². The van der Waals surface area contributed by atoms with Crippen LogP contribution in [0.4, 0.5) is 0 Å². The van der Waals surface area contributed by atoms with Crippen LogP contribution in [0.25, 0.3) is 0 Å². The Labute approximate surface area is 134 Å². The van der Waals surface area contributed by atoms with E-state index in [0.29, 0.717) is 0 Å². The number of likely N-dealkylation sites (N-methyl/N-ethyl adjacent to an activating group) is 1. The maximum atomic E-state index is 5.77. The van der Waals surface area contributed by atoms with E-state index in [4.69, 9.17) is 4.74 Å². The molecule has 22 heavy (non-hydrogen) atoms. The summed E-state index contributed by atoms with van der Waals surface area (Å²) in [6, 6.07) is 5.50. The van der Waals surface area contributed by atoms with Crippen molar-refractivity contribution in [2.75, 3.05) is 20.2 Å². The van der Waals surface area contributed by atoms with Gasteiger partial charge in [0.15, 0.2) is 0 Å². The molecule has 120 valence electrons. The Bertz CT molecular complexity index is 533. The fourth-order valence-electron chi connectivity index (χ4n) is 4.72. The second-order valence-corrected chi connectivity index (χ2v) is 7.67. The summed E-state index contributed by atoms with van der Waals surface area (Å²) >= 11 is 0. The Kier molecular flexibility index (Phi) is 4.13. The summed E-state index contributed by atoms with van der Waals surface area (Å²) in [5, 5.41) is 0. The standard InChI is InChI=1S/C20H29NO/c1-21(14-15-5-3-2-4-6-15)19-8-7-16-11-17-9-10-22-20(17)13-18(16)12-19/h11,13,15,19H,2-10,12,14H2,1H3. The van der Waals surface area contributed by atoms with Crippen LogP contribution in [0, 0.1) is 5.92 Å². The zero-order valence-corrected chi connectivity index (χ0v) is 13.9. The first-order chi connectivity index (χ1) is 10.8. The Morgan fingerprint density at radius 1 is 1.00 bits per heavy atom. The summed E-state index contributed by atoms with van der Waals surface area (Å²) in [4.78, 5) is 2.66. The average Bonchev–Trinajstić information content (AvgIpc) is 3.00. The molecule has 1 aliphatic heterocycles. The van der Waals surface area contributed by atoms with Gasteiger partial charge in [-0.3, -0.25) is 0 Å². The fraction of sp³-hybridized carbons (Fsp3) is 0.700. The fourth-order valence-corrected chi connectivity index (χ4v) is 4.72. The molecule has 1 aromatic carbocycles. The van der Waals surface area contributed by atoms with Gasteiger partial charge in [0.2, 0.25) is 0 Å². The SMILES string of the molecule is CN(CC1CCCCC1)C1CCc2cc3c(cc2C1)OCC3. The normalized spacial score (nSPS) is 24.9. The van der Waals surface area contributed by atoms with Crippen molar-refractivity contribution < 1.29 is 4.74 Å². The van der Waals surface area contributed by atoms with Crippen LogP contribution in [0.5, 0.6) is 5.75 Å². The molecule has 1 atom stereocenters. The number of hydrogen-bond donors (Lipinski definition) is 0. The zero-order chi connectivity index (χ0) is 14.9. The van der Waals surface area contributed by atoms with Crippen molar-refractivity contribution in [3.63, 3.8) is 0 Å². The molecule has 0 spiro atoms. The van der Waals surface area contributed by atoms with E-state index in [-0.39, 0.29) is 0 Å². The van der Waals surface area contributed by atoms with Gasteiger partial charge in [0.05, 0.1) is 6.61 Å². The van der Waals surface area contributed by atoms with Gasteiger partial charge >= 0.3 is 0 Å². The van der Waals surface area contributed by atoms with Crippen LogP contribution in [0.1, 0.15) is 55.2 Å². The molecule has 2 nitrogen and oxygen atoms in total. The third-order valence-corrected chi connectivity index (χ3v) is 6.11. The van der Waals surface area contributed by atoms with Crippen molar-refractivity contribution in [3.05, 3.63) is 28.8 Å². The molecule has 1 heterocycles. The highest BCUT2D eigenvalue weighted by Crippen LogP contribution is 2.34. The van der Waals surface area contributed by atoms with Gasteiger partial charge < -0.3 is 9.64 Å². The first kappa shape index (κ1) is 14.6. The van der Waals surface area contributed by atoms with E-state index in [9.17, 15) is 0 Å². The van der Waals surface area contributed by atoms with Crippen LogP contribution in [0.3, 0.4) is 0 Å². The maximum absolute atomic E-state index is 5.77. The van der Waals surface area contributed by atoms with E-state index < -0.39 is 0 Å². The van der Waals surface area contributed by atoms with E-state index in [1.807, 2.05) is 0 Å². The Morgan fingerprint density at radius 2 is 1.86 bits per heavy atom. The summed E-state index contributed by atoms with van der Waals surface area (Å²) in [5.74, 6) is 2.11. The third-order valence-electron chi connectivity index (χ3n) is 6.11. The van der Waals surface area contributed by atoms with E-state index in [1.54, 1.807) is 11.1 Å². The van der Waals surface area contributed by atoms with Gasteiger partial charge in [0, 0.05) is 19.0 Å². The molecule has 3 aliphatic rings. The Morgan fingerprint density at radius 3 is 2.73 bits per heavy atom. The van der Waals surface area contributed by atoms with E-state index in [2.05, 4.69) is 24.1 Å². The van der Waals surface area contributed by atoms with Crippen LogP contribution < -0.4 is 4.74 Å². The molecule has 0 N–H and O–H groups in total. The molecule has 0 amide bonds. The molecule has 0 aromatic heterocycles. The number of nitrogens with zero attached hydrogens (tertiary/aromatic N) is 1. The molecular formula is C20H29NO. The van der Waals surface area contributed by atoms with Crippen molar-refractivity contribution in [1.82, 2.24) is 4.90 Å². The highest BCUT2D eigenvalue weighted by atomic mass is 16.5. The van der Waals surface area contributed by atoms with Crippen LogP contribution in [-0.2, 0) is 19.3 Å². The molecule has 0 bridgehead atoms. The molecule has 2 heteroatoms. The second-order valence-electron chi connectivity index (χ2n) is 7.67. The third kappa shape index (κ3) is 2.90. The first-order valence-electron chi connectivity index (χ1n) is 9.27. The molecule has 1 unspecified atom stereocenters. The topological polar surface area (TPSA) is 12.5 Å². The zero-order valence-electron chi connectivity index (χ0n) is 13.9. The number of hydrogen-bond acceptors (Lipinski definition) is 2. The maximum Gasteiger partial charge on any atom is 0.122 e. The van der Waals surface area contributed by atoms with E-state index in [0.717, 1.165) is 30.7 Å². The minimum Gasteiger partial charge on any atom is -0.493 e. The predicted octanol–water partition coefficient (Wildman–Crippen LogP) is 3.99. The summed E-state index contributed by atoms with van der Waals surface area (Å²) in [6.45, 7) is 2.19. The minimum absolute atomic E-state index is 0.730. The molecular weight excluding hydrogens is 270 g/mol. The molecule has 1 fully saturated rings. The second kappa shape index (κ2) is 6.23. The molecule has 2 aliphatic carbocycles. The van der Waals surface area contributed by atoms with Gasteiger partial charge in [0.25, 0.3) is 0 Å². The van der Waals surface area contributed by atoms with Gasteiger partial charge in [-0.05, 0) is 67.8 Å². The lowest BCUT2D eigenvalue weighted by atomic mass is 9.84. The van der Waals surface area contributed by atoms with Gasteiger partial charge in [-0.1, -0.05) is 25.3 Å². The first-order valence-corrected chi connectivity index (χ1v) is 9.27. The quantitative estimate of drug-likeness (QED) is 0.837. The highest BCUT2D eigenvalue weighted by Gasteiger charge is 2.26. The lowest BCUT2D eigenvalue weighted by molar-refractivity contribution is 0.169. The van der Waals surface area contributed by atoms with Crippen LogP contribution >= 0.6 is 0 Å². The van der Waals surface area contributed by atoms with Crippen molar-refractivity contribution in [2.45, 2.75) is 63.8 Å². The average molecular weight is 299 g/mol. The summed E-state index contributed by atoms with van der Waals surface area (Å²) in [5.41, 5.74) is 4.58. The molecule has 0 radical (unpaired) electrons. The molecule has 1 aromatic rings. The monoisotopic (exact) mass is 299 g/mol. The van der Waals surface area contributed by atoms with Gasteiger partial charge in [-0.25, -0.2) is 0 Å². The number of benzene rings is 1. The Balaban J connectivity index is 1.42. The van der Waals surface area contributed by atoms with Crippen molar-refractivity contribution in [3.8, 4) is 5.75 Å². The van der Waals surface area contributed by atoms with Gasteiger partial charge in [0.1, 0.15) is 5.75 Å². The smallest absolute Gasteiger partial charge is 0.122 e. The number of ether oxygens (including phenoxy) is 1. The van der Waals surface area contributed by atoms with Crippen LogP contribution in [0.15, 0.2) is 12.1 Å². The van der Waals surface area contributed by atoms with Crippen LogP contribution in [-0.4, -0.2) is 31.1 Å². The van der Waals surface area contributed by atoms with Gasteiger partial charge in [-0.15, -0.1) is 0 Å². The van der Waals surface area contributed by atoms with Crippen molar-refractivity contribution >= 4 is 0 Å². The highest BCUT2D eigenvalue weighted by molar-refractivity contribution is 5.46. The van der Waals surface area contributed by atoms with Crippen molar-refractivity contribution in [2.24, 2.45) is 5.92 Å². The predicted molar refractivity (Wildman–Crippen MR) is 90.7 cm³/mol. The summed E-state index contributed by atoms with van der Waals surface area (Å²) in [6.07, 6.45) is 12.2. The summed E-state index contributed by atoms with van der Waals surface area (Å²) < 4.78 is 5.77. The molecule has 4 rings (SSSR count). The number of aryl methyl sites for hydroxylation is 1. The Hall–Kier alpha value is -1.02. The molecule has 0 saturated heterocycles. The van der Waals surface area contributed by atoms with Crippen molar-refractivity contribution in [1.29, 1.82) is 0 Å². The molecule has 1 saturated carbocycles. The van der Waals surface area contributed by atoms with E-state index in [1.165, 1.54) is 63.5 Å². The largest absolute Gasteiger partial charge is 0.493 e. The lowest BCUT2D eigenvalue weighted by Crippen LogP contribution is -2.39. The summed E-state index contributed by atoms with van der Waals surface area (Å²) in [7, 11) is 2.36. The van der Waals surface area contributed by atoms with E-state index >= 15 is 0 Å². The number of fused-ring (bicyclic) bond motifs is 2.